The number of amides is 1. The molecule has 1 aliphatic rings. The van der Waals surface area contributed by atoms with E-state index in [0.29, 0.717) is 12.8 Å². The fourth-order valence-electron chi connectivity index (χ4n) is 10.7. The highest BCUT2D eigenvalue weighted by atomic mass is 16.7. The van der Waals surface area contributed by atoms with Crippen molar-refractivity contribution in [2.24, 2.45) is 0 Å². The maximum Gasteiger partial charge on any atom is 0.249 e. The summed E-state index contributed by atoms with van der Waals surface area (Å²) in [6.07, 6.45) is 53.5. The van der Waals surface area contributed by atoms with Crippen LogP contribution in [0.2, 0.25) is 0 Å². The third-order valence-corrected chi connectivity index (χ3v) is 15.8. The Kier molecular flexibility index (Phi) is 50.2. The molecule has 0 aromatic heterocycles. The van der Waals surface area contributed by atoms with Gasteiger partial charge in [0.1, 0.15) is 30.5 Å². The van der Waals surface area contributed by atoms with E-state index in [1.165, 1.54) is 257 Å². The van der Waals surface area contributed by atoms with Gasteiger partial charge < -0.3 is 45.4 Å². The van der Waals surface area contributed by atoms with Gasteiger partial charge in [-0.2, -0.15) is 0 Å². The molecular weight excluding hydrogens is 903 g/mol. The Morgan fingerprint density at radius 2 is 0.694 bits per heavy atom. The molecule has 0 saturated carbocycles. The Bertz CT molecular complexity index is 1110. The first-order valence-corrected chi connectivity index (χ1v) is 31.8. The number of rotatable bonds is 56. The Morgan fingerprint density at radius 3 is 0.986 bits per heavy atom. The Morgan fingerprint density at radius 1 is 0.417 bits per heavy atom. The lowest BCUT2D eigenvalue weighted by Gasteiger charge is -2.40. The molecule has 1 aliphatic heterocycles. The van der Waals surface area contributed by atoms with Crippen LogP contribution in [0.4, 0.5) is 0 Å². The summed E-state index contributed by atoms with van der Waals surface area (Å²) in [7, 11) is 0. The lowest BCUT2D eigenvalue weighted by atomic mass is 9.99. The van der Waals surface area contributed by atoms with E-state index in [1.807, 2.05) is 0 Å². The zero-order chi connectivity index (χ0) is 52.4. The molecular formula is C62H123NO9. The first kappa shape index (κ1) is 69.2. The van der Waals surface area contributed by atoms with E-state index in [9.17, 15) is 35.4 Å². The van der Waals surface area contributed by atoms with Crippen LogP contribution < -0.4 is 5.32 Å². The predicted molar refractivity (Wildman–Crippen MR) is 301 cm³/mol. The van der Waals surface area contributed by atoms with Crippen molar-refractivity contribution in [3.63, 3.8) is 0 Å². The van der Waals surface area contributed by atoms with E-state index in [4.69, 9.17) is 9.47 Å². The minimum atomic E-state index is -1.59. The van der Waals surface area contributed by atoms with Crippen molar-refractivity contribution >= 4 is 5.91 Å². The quantitative estimate of drug-likeness (QED) is 0.0293. The van der Waals surface area contributed by atoms with Crippen molar-refractivity contribution < 1.29 is 44.9 Å². The van der Waals surface area contributed by atoms with Crippen LogP contribution in [0.25, 0.3) is 0 Å². The second-order valence-corrected chi connectivity index (χ2v) is 22.7. The third kappa shape index (κ3) is 40.4. The maximum atomic E-state index is 13.1. The van der Waals surface area contributed by atoms with Gasteiger partial charge in [-0.1, -0.05) is 316 Å². The summed E-state index contributed by atoms with van der Waals surface area (Å²) in [4.78, 5) is 13.1. The third-order valence-electron chi connectivity index (χ3n) is 15.8. The maximum absolute atomic E-state index is 13.1. The summed E-state index contributed by atoms with van der Waals surface area (Å²) in [5.74, 6) is -0.576. The number of aliphatic hydroxyl groups is 6. The molecule has 0 aromatic carbocycles. The van der Waals surface area contributed by atoms with Crippen LogP contribution in [0.15, 0.2) is 0 Å². The molecule has 430 valence electrons. The predicted octanol–water partition coefficient (Wildman–Crippen LogP) is 15.2. The van der Waals surface area contributed by atoms with Crippen LogP contribution in [0, 0.1) is 0 Å². The highest BCUT2D eigenvalue weighted by Crippen LogP contribution is 2.24. The standard InChI is InChI=1S/C62H123NO9/c1-3-5-7-9-11-13-15-17-18-19-20-21-22-23-24-25-26-27-28-29-30-31-32-33-34-35-36-37-39-41-43-45-47-49-51-56(66)61(70)63-54(53-71-62-60(69)59(68)58(67)57(52-64)72-62)55(65)50-48-46-44-42-40-38-16-14-12-10-8-6-4-2/h54-60,62,64-69H,3-53H2,1-2H3,(H,63,70). The van der Waals surface area contributed by atoms with Crippen molar-refractivity contribution in [1.29, 1.82) is 0 Å². The molecule has 0 radical (unpaired) electrons. The SMILES string of the molecule is CCCCCCCCCCCCCCCCCCCCCCCCCCCCCCCCCCCCC(O)C(=O)NC(COC1OC(CO)C(O)C(O)C1O)C(O)CCCCCCCCCCCCCCC. The van der Waals surface area contributed by atoms with Gasteiger partial charge in [-0.05, 0) is 12.8 Å². The van der Waals surface area contributed by atoms with Gasteiger partial charge in [-0.25, -0.2) is 0 Å². The highest BCUT2D eigenvalue weighted by Gasteiger charge is 2.44. The molecule has 1 amide bonds. The molecule has 72 heavy (non-hydrogen) atoms. The van der Waals surface area contributed by atoms with Gasteiger partial charge in [0.15, 0.2) is 6.29 Å². The topological polar surface area (TPSA) is 169 Å². The molecule has 7 N–H and O–H groups in total. The van der Waals surface area contributed by atoms with E-state index in [1.54, 1.807) is 0 Å². The van der Waals surface area contributed by atoms with Crippen LogP contribution in [0.3, 0.4) is 0 Å². The van der Waals surface area contributed by atoms with Gasteiger partial charge in [0, 0.05) is 0 Å². The number of carbonyl (C=O) groups excluding carboxylic acids is 1. The van der Waals surface area contributed by atoms with Crippen molar-refractivity contribution in [2.75, 3.05) is 13.2 Å². The van der Waals surface area contributed by atoms with Crippen molar-refractivity contribution in [2.45, 2.75) is 377 Å². The van der Waals surface area contributed by atoms with E-state index < -0.39 is 61.5 Å². The van der Waals surface area contributed by atoms with Crippen molar-refractivity contribution in [3.05, 3.63) is 0 Å². The van der Waals surface area contributed by atoms with Gasteiger partial charge in [-0.3, -0.25) is 4.79 Å². The van der Waals surface area contributed by atoms with Crippen molar-refractivity contribution in [1.82, 2.24) is 5.32 Å². The van der Waals surface area contributed by atoms with Crippen LogP contribution in [0.5, 0.6) is 0 Å². The lowest BCUT2D eigenvalue weighted by molar-refractivity contribution is -0.302. The van der Waals surface area contributed by atoms with Crippen LogP contribution in [-0.2, 0) is 14.3 Å². The molecule has 10 nitrogen and oxygen atoms in total. The lowest BCUT2D eigenvalue weighted by Crippen LogP contribution is -2.60. The largest absolute Gasteiger partial charge is 0.394 e. The monoisotopic (exact) mass is 1030 g/mol. The van der Waals surface area contributed by atoms with E-state index in [0.717, 1.165) is 44.9 Å². The summed E-state index contributed by atoms with van der Waals surface area (Å²) in [6, 6.07) is -0.889. The van der Waals surface area contributed by atoms with Crippen LogP contribution in [-0.4, -0.2) is 98.7 Å². The Labute approximate surface area is 445 Å². The second-order valence-electron chi connectivity index (χ2n) is 22.7. The summed E-state index contributed by atoms with van der Waals surface area (Å²) in [5, 5.41) is 65.2. The fourth-order valence-corrected chi connectivity index (χ4v) is 10.7. The average molecular weight is 1030 g/mol. The molecule has 1 fully saturated rings. The first-order valence-electron chi connectivity index (χ1n) is 31.8. The summed E-state index contributed by atoms with van der Waals surface area (Å²) in [6.45, 7) is 3.71. The van der Waals surface area contributed by atoms with Gasteiger partial charge >= 0.3 is 0 Å². The zero-order valence-corrected chi connectivity index (χ0v) is 47.6. The van der Waals surface area contributed by atoms with Gasteiger partial charge in [-0.15, -0.1) is 0 Å². The van der Waals surface area contributed by atoms with Gasteiger partial charge in [0.25, 0.3) is 0 Å². The fraction of sp³-hybridized carbons (Fsp3) is 0.984. The average Bonchev–Trinajstić information content (AvgIpc) is 3.38. The molecule has 0 aliphatic carbocycles. The number of aliphatic hydroxyl groups excluding tert-OH is 6. The van der Waals surface area contributed by atoms with Crippen LogP contribution >= 0.6 is 0 Å². The van der Waals surface area contributed by atoms with Crippen LogP contribution in [0.1, 0.15) is 328 Å². The second kappa shape index (κ2) is 52.2. The molecule has 0 spiro atoms. The molecule has 1 saturated heterocycles. The highest BCUT2D eigenvalue weighted by molar-refractivity contribution is 5.80. The van der Waals surface area contributed by atoms with Crippen molar-refractivity contribution in [3.8, 4) is 0 Å². The smallest absolute Gasteiger partial charge is 0.249 e. The summed E-state index contributed by atoms with van der Waals surface area (Å²) < 4.78 is 11.2. The molecule has 1 heterocycles. The number of carbonyl (C=O) groups is 1. The van der Waals surface area contributed by atoms with E-state index in [-0.39, 0.29) is 6.61 Å². The summed E-state index contributed by atoms with van der Waals surface area (Å²) in [5.41, 5.74) is 0. The molecule has 1 rings (SSSR count). The number of hydrogen-bond acceptors (Lipinski definition) is 9. The van der Waals surface area contributed by atoms with Gasteiger partial charge in [0.2, 0.25) is 5.91 Å². The number of nitrogens with one attached hydrogen (secondary N) is 1. The Balaban J connectivity index is 2.08. The molecule has 8 atom stereocenters. The molecule has 0 bridgehead atoms. The molecule has 0 aromatic rings. The minimum Gasteiger partial charge on any atom is -0.394 e. The number of unbranched alkanes of at least 4 members (excludes halogenated alkanes) is 45. The van der Waals surface area contributed by atoms with E-state index >= 15 is 0 Å². The minimum absolute atomic E-state index is 0.250. The first-order chi connectivity index (χ1) is 35.3. The summed E-state index contributed by atoms with van der Waals surface area (Å²) >= 11 is 0. The normalized spacial score (nSPS) is 19.5. The molecule has 10 heteroatoms. The number of hydrogen-bond donors (Lipinski definition) is 7. The molecule has 8 unspecified atom stereocenters. The number of ether oxygens (including phenoxy) is 2. The Hall–Kier alpha value is -0.850. The van der Waals surface area contributed by atoms with E-state index in [2.05, 4.69) is 19.2 Å². The van der Waals surface area contributed by atoms with Gasteiger partial charge in [0.05, 0.1) is 25.4 Å². The zero-order valence-electron chi connectivity index (χ0n) is 47.6.